The van der Waals surface area contributed by atoms with Crippen LogP contribution in [0.15, 0.2) is 0 Å². The fourth-order valence-electron chi connectivity index (χ4n) is 1.05. The molecule has 0 spiro atoms. The number of halogens is 1. The fraction of sp³-hybridized carbons (Fsp3) is 0.875. The van der Waals surface area contributed by atoms with Gasteiger partial charge in [0, 0.05) is 11.8 Å². The highest BCUT2D eigenvalue weighted by Crippen LogP contribution is 2.13. The second-order valence-corrected chi connectivity index (χ2v) is 3.36. The average Bonchev–Trinajstić information content (AvgIpc) is 1.86. The first-order valence-electron chi connectivity index (χ1n) is 3.76. The van der Waals surface area contributed by atoms with Gasteiger partial charge in [-0.2, -0.15) is 0 Å². The Kier molecular flexibility index (Phi) is 5.99. The van der Waals surface area contributed by atoms with Gasteiger partial charge in [-0.1, -0.05) is 29.3 Å². The predicted molar refractivity (Wildman–Crippen MR) is 47.5 cm³/mol. The number of hydrogen-bond acceptors (Lipinski definition) is 1. The molecule has 0 radical (unpaired) electrons. The largest absolute Gasteiger partial charge is 0.300 e. The van der Waals surface area contributed by atoms with E-state index >= 15 is 0 Å². The van der Waals surface area contributed by atoms with Crippen molar-refractivity contribution in [1.82, 2.24) is 0 Å². The van der Waals surface area contributed by atoms with Gasteiger partial charge in [0.1, 0.15) is 5.78 Å². The van der Waals surface area contributed by atoms with E-state index in [9.17, 15) is 4.79 Å². The molecular formula is C8H15BrO. The summed E-state index contributed by atoms with van der Waals surface area (Å²) >= 11 is 3.39. The summed E-state index contributed by atoms with van der Waals surface area (Å²) < 4.78 is 0. The predicted octanol–water partition coefficient (Wildman–Crippen LogP) is 2.78. The van der Waals surface area contributed by atoms with Gasteiger partial charge in [-0.25, -0.2) is 0 Å². The van der Waals surface area contributed by atoms with Crippen LogP contribution in [0.1, 0.15) is 33.1 Å². The van der Waals surface area contributed by atoms with Crippen molar-refractivity contribution in [2.24, 2.45) is 5.92 Å². The summed E-state index contributed by atoms with van der Waals surface area (Å²) in [7, 11) is 0. The van der Waals surface area contributed by atoms with Crippen molar-refractivity contribution in [2.45, 2.75) is 33.1 Å². The minimum atomic E-state index is 0.304. The zero-order valence-corrected chi connectivity index (χ0v) is 8.28. The Balaban J connectivity index is 3.49. The molecule has 0 saturated carbocycles. The molecule has 0 N–H and O–H groups in total. The van der Waals surface area contributed by atoms with Crippen molar-refractivity contribution in [1.29, 1.82) is 0 Å². The minimum Gasteiger partial charge on any atom is -0.300 e. The zero-order valence-electron chi connectivity index (χ0n) is 6.69. The van der Waals surface area contributed by atoms with Gasteiger partial charge in [0.2, 0.25) is 0 Å². The lowest BCUT2D eigenvalue weighted by molar-refractivity contribution is -0.117. The first-order chi connectivity index (χ1) is 4.70. The molecule has 0 aliphatic heterocycles. The third-order valence-electron chi connectivity index (χ3n) is 1.49. The molecule has 0 rings (SSSR count). The molecule has 0 heterocycles. The number of carbonyl (C=O) groups excluding carboxylic acids is 1. The monoisotopic (exact) mass is 206 g/mol. The van der Waals surface area contributed by atoms with Crippen LogP contribution in [0.25, 0.3) is 0 Å². The van der Waals surface area contributed by atoms with E-state index in [0.29, 0.717) is 11.7 Å². The first-order valence-corrected chi connectivity index (χ1v) is 4.88. The molecule has 0 aliphatic carbocycles. The summed E-state index contributed by atoms with van der Waals surface area (Å²) in [6.45, 7) is 3.81. The molecular weight excluding hydrogens is 192 g/mol. The van der Waals surface area contributed by atoms with E-state index in [2.05, 4.69) is 22.9 Å². The van der Waals surface area contributed by atoms with Crippen LogP contribution >= 0.6 is 15.9 Å². The molecule has 0 aliphatic rings. The first kappa shape index (κ1) is 10.2. The van der Waals surface area contributed by atoms with Crippen LogP contribution in [0.4, 0.5) is 0 Å². The molecule has 1 nitrogen and oxygen atoms in total. The highest BCUT2D eigenvalue weighted by Gasteiger charge is 2.07. The van der Waals surface area contributed by atoms with Gasteiger partial charge in [-0.05, 0) is 19.3 Å². The lowest BCUT2D eigenvalue weighted by Gasteiger charge is -2.08. The van der Waals surface area contributed by atoms with Crippen molar-refractivity contribution in [2.75, 3.05) is 5.33 Å². The molecule has 0 aromatic carbocycles. The van der Waals surface area contributed by atoms with Crippen LogP contribution in [-0.2, 0) is 4.79 Å². The number of alkyl halides is 1. The van der Waals surface area contributed by atoms with Gasteiger partial charge in [-0.3, -0.25) is 0 Å². The van der Waals surface area contributed by atoms with Crippen molar-refractivity contribution in [3.05, 3.63) is 0 Å². The summed E-state index contributed by atoms with van der Waals surface area (Å²) in [5.41, 5.74) is 0. The van der Waals surface area contributed by atoms with E-state index in [4.69, 9.17) is 0 Å². The van der Waals surface area contributed by atoms with Crippen molar-refractivity contribution in [3.8, 4) is 0 Å². The zero-order chi connectivity index (χ0) is 7.98. The smallest absolute Gasteiger partial charge is 0.130 e. The van der Waals surface area contributed by atoms with Crippen LogP contribution in [0.5, 0.6) is 0 Å². The summed E-state index contributed by atoms with van der Waals surface area (Å²) in [4.78, 5) is 10.7. The standard InChI is InChI=1S/C8H15BrO/c1-3-4-8(6-9)5-7(2)10/h8H,3-6H2,1-2H3/t8-/m1/s1. The maximum atomic E-state index is 10.7. The maximum absolute atomic E-state index is 10.7. The highest BCUT2D eigenvalue weighted by molar-refractivity contribution is 9.09. The quantitative estimate of drug-likeness (QED) is 0.633. The Labute approximate surface area is 71.3 Å². The van der Waals surface area contributed by atoms with Gasteiger partial charge in [0.05, 0.1) is 0 Å². The second-order valence-electron chi connectivity index (χ2n) is 2.72. The van der Waals surface area contributed by atoms with E-state index in [-0.39, 0.29) is 0 Å². The van der Waals surface area contributed by atoms with E-state index in [1.54, 1.807) is 6.92 Å². The topological polar surface area (TPSA) is 17.1 Å². The molecule has 60 valence electrons. The van der Waals surface area contributed by atoms with Crippen molar-refractivity contribution < 1.29 is 4.79 Å². The molecule has 0 unspecified atom stereocenters. The van der Waals surface area contributed by atoms with Crippen LogP contribution in [0.3, 0.4) is 0 Å². The lowest BCUT2D eigenvalue weighted by Crippen LogP contribution is -2.06. The number of carbonyl (C=O) groups is 1. The molecule has 10 heavy (non-hydrogen) atoms. The Morgan fingerprint density at radius 3 is 2.50 bits per heavy atom. The molecule has 0 saturated heterocycles. The van der Waals surface area contributed by atoms with Gasteiger partial charge >= 0.3 is 0 Å². The van der Waals surface area contributed by atoms with Crippen LogP contribution in [-0.4, -0.2) is 11.1 Å². The summed E-state index contributed by atoms with van der Waals surface area (Å²) in [6, 6.07) is 0. The summed E-state index contributed by atoms with van der Waals surface area (Å²) in [5.74, 6) is 0.861. The van der Waals surface area contributed by atoms with Crippen LogP contribution in [0, 0.1) is 5.92 Å². The Morgan fingerprint density at radius 2 is 2.20 bits per heavy atom. The number of hydrogen-bond donors (Lipinski definition) is 0. The van der Waals surface area contributed by atoms with E-state index in [1.807, 2.05) is 0 Å². The van der Waals surface area contributed by atoms with Crippen LogP contribution < -0.4 is 0 Å². The SMILES string of the molecule is CCC[C@@H](CBr)CC(C)=O. The second kappa shape index (κ2) is 5.90. The molecule has 0 amide bonds. The third-order valence-corrected chi connectivity index (χ3v) is 2.41. The average molecular weight is 207 g/mol. The third kappa shape index (κ3) is 4.98. The number of ketones is 1. The van der Waals surface area contributed by atoms with Gasteiger partial charge in [-0.15, -0.1) is 0 Å². The van der Waals surface area contributed by atoms with Crippen molar-refractivity contribution >= 4 is 21.7 Å². The molecule has 0 bridgehead atoms. The summed E-state index contributed by atoms with van der Waals surface area (Å²) in [5, 5.41) is 0.959. The van der Waals surface area contributed by atoms with Crippen molar-refractivity contribution in [3.63, 3.8) is 0 Å². The fourth-order valence-corrected chi connectivity index (χ4v) is 1.60. The van der Waals surface area contributed by atoms with Gasteiger partial charge in [0.15, 0.2) is 0 Å². The lowest BCUT2D eigenvalue weighted by atomic mass is 10.0. The van der Waals surface area contributed by atoms with Gasteiger partial charge in [0.25, 0.3) is 0 Å². The Hall–Kier alpha value is 0.150. The highest BCUT2D eigenvalue weighted by atomic mass is 79.9. The van der Waals surface area contributed by atoms with Gasteiger partial charge < -0.3 is 4.79 Å². The number of Topliss-reactive ketones (excluding diaryl/α,β-unsaturated/α-hetero) is 1. The van der Waals surface area contributed by atoms with E-state index in [1.165, 1.54) is 6.42 Å². The molecule has 0 aromatic heterocycles. The number of rotatable bonds is 5. The van der Waals surface area contributed by atoms with Crippen LogP contribution in [0.2, 0.25) is 0 Å². The minimum absolute atomic E-state index is 0.304. The van der Waals surface area contributed by atoms with E-state index in [0.717, 1.165) is 18.2 Å². The molecule has 0 fully saturated rings. The molecule has 1 atom stereocenters. The Bertz CT molecular complexity index is 101. The molecule has 0 aromatic rings. The maximum Gasteiger partial charge on any atom is 0.130 e. The summed E-state index contributed by atoms with van der Waals surface area (Å²) in [6.07, 6.45) is 3.06. The van der Waals surface area contributed by atoms with E-state index < -0.39 is 0 Å². The molecule has 2 heteroatoms. The normalized spacial score (nSPS) is 13.1. The Morgan fingerprint density at radius 1 is 1.60 bits per heavy atom.